The number of likely N-dealkylation sites (tertiary alicyclic amines) is 1. The summed E-state index contributed by atoms with van der Waals surface area (Å²) in [5.74, 6) is 0.105. The van der Waals surface area contributed by atoms with Crippen LogP contribution in [0.3, 0.4) is 0 Å². The lowest BCUT2D eigenvalue weighted by Crippen LogP contribution is -2.45. The number of hydrogen-bond acceptors (Lipinski definition) is 3. The number of nitrogens with one attached hydrogen (secondary N) is 1. The third-order valence-electron chi connectivity index (χ3n) is 4.00. The Hall–Kier alpha value is -1.56. The number of primary amides is 1. The van der Waals surface area contributed by atoms with E-state index in [2.05, 4.69) is 12.2 Å². The Bertz CT molecular complexity index is 475. The van der Waals surface area contributed by atoms with E-state index in [1.807, 2.05) is 22.4 Å². The first-order valence-electron chi connectivity index (χ1n) is 7.50. The molecule has 0 bridgehead atoms. The molecule has 1 saturated heterocycles. The Kier molecular flexibility index (Phi) is 5.61. The van der Waals surface area contributed by atoms with Gasteiger partial charge in [-0.1, -0.05) is 13.0 Å². The van der Waals surface area contributed by atoms with Crippen molar-refractivity contribution in [2.24, 2.45) is 5.73 Å². The molecule has 0 aliphatic carbocycles. The minimum atomic E-state index is -0.591. The van der Waals surface area contributed by atoms with Gasteiger partial charge < -0.3 is 16.0 Å². The third kappa shape index (κ3) is 4.20. The minimum Gasteiger partial charge on any atom is -0.352 e. The van der Waals surface area contributed by atoms with Crippen molar-refractivity contribution >= 4 is 23.3 Å². The van der Waals surface area contributed by atoms with Gasteiger partial charge in [0.15, 0.2) is 0 Å². The number of rotatable bonds is 5. The molecule has 2 atom stereocenters. The highest BCUT2D eigenvalue weighted by molar-refractivity contribution is 7.10. The second kappa shape index (κ2) is 7.45. The zero-order valence-electron chi connectivity index (χ0n) is 12.4. The summed E-state index contributed by atoms with van der Waals surface area (Å²) in [6.07, 6.45) is 4.60. The van der Waals surface area contributed by atoms with E-state index in [0.717, 1.165) is 30.7 Å². The first-order chi connectivity index (χ1) is 10.1. The van der Waals surface area contributed by atoms with Crippen molar-refractivity contribution < 1.29 is 9.59 Å². The van der Waals surface area contributed by atoms with Crippen LogP contribution in [-0.4, -0.2) is 29.4 Å². The van der Waals surface area contributed by atoms with E-state index in [4.69, 9.17) is 5.73 Å². The molecule has 1 aromatic heterocycles. The number of carbonyl (C=O) groups excluding carboxylic acids is 2. The molecule has 3 N–H and O–H groups in total. The zero-order chi connectivity index (χ0) is 15.2. The van der Waals surface area contributed by atoms with E-state index >= 15 is 0 Å². The average Bonchev–Trinajstić information content (AvgIpc) is 3.00. The molecule has 0 spiro atoms. The molecule has 1 aliphatic heterocycles. The highest BCUT2D eigenvalue weighted by Gasteiger charge is 2.28. The van der Waals surface area contributed by atoms with Gasteiger partial charge in [-0.05, 0) is 37.1 Å². The van der Waals surface area contributed by atoms with Crippen molar-refractivity contribution in [1.29, 1.82) is 0 Å². The third-order valence-corrected chi connectivity index (χ3v) is 4.99. The number of piperidine rings is 1. The number of nitrogens with zero attached hydrogens (tertiary/aromatic N) is 1. The minimum absolute atomic E-state index is 0.105. The van der Waals surface area contributed by atoms with E-state index < -0.39 is 6.03 Å². The van der Waals surface area contributed by atoms with E-state index in [1.54, 1.807) is 0 Å². The van der Waals surface area contributed by atoms with E-state index in [9.17, 15) is 9.59 Å². The van der Waals surface area contributed by atoms with Crippen LogP contribution >= 0.6 is 11.3 Å². The Balaban J connectivity index is 2.05. The molecular formula is C15H23N3O2S. The van der Waals surface area contributed by atoms with Crippen LogP contribution in [-0.2, 0) is 4.79 Å². The van der Waals surface area contributed by atoms with Gasteiger partial charge >= 0.3 is 6.03 Å². The van der Waals surface area contributed by atoms with Gasteiger partial charge in [0.1, 0.15) is 0 Å². The lowest BCUT2D eigenvalue weighted by Gasteiger charge is -2.36. The second-order valence-electron chi connectivity index (χ2n) is 5.43. The molecule has 2 unspecified atom stereocenters. The number of carbonyl (C=O) groups is 2. The standard InChI is InChI=1S/C15H23N3O2S/c1-2-11-6-3-4-8-18(11)14(19)10-12(17-15(16)20)13-7-5-9-21-13/h5,7,9,11-12H,2-4,6,8,10H2,1H3,(H3,16,17,20). The second-order valence-corrected chi connectivity index (χ2v) is 6.40. The summed E-state index contributed by atoms with van der Waals surface area (Å²) in [7, 11) is 0. The van der Waals surface area contributed by atoms with Gasteiger partial charge in [0, 0.05) is 17.5 Å². The summed E-state index contributed by atoms with van der Waals surface area (Å²) in [6, 6.07) is 3.26. The van der Waals surface area contributed by atoms with Crippen molar-refractivity contribution in [3.05, 3.63) is 22.4 Å². The molecule has 1 fully saturated rings. The lowest BCUT2D eigenvalue weighted by atomic mass is 9.99. The van der Waals surface area contributed by atoms with Crippen LogP contribution in [0, 0.1) is 0 Å². The van der Waals surface area contributed by atoms with Crippen LogP contribution < -0.4 is 11.1 Å². The van der Waals surface area contributed by atoms with Gasteiger partial charge in [-0.2, -0.15) is 0 Å². The number of nitrogens with two attached hydrogens (primary N) is 1. The summed E-state index contributed by atoms with van der Waals surface area (Å²) >= 11 is 1.53. The van der Waals surface area contributed by atoms with Crippen molar-refractivity contribution in [2.75, 3.05) is 6.54 Å². The van der Waals surface area contributed by atoms with Gasteiger partial charge in [-0.15, -0.1) is 11.3 Å². The van der Waals surface area contributed by atoms with Crippen LogP contribution in [0.15, 0.2) is 17.5 Å². The first-order valence-corrected chi connectivity index (χ1v) is 8.38. The summed E-state index contributed by atoms with van der Waals surface area (Å²) in [4.78, 5) is 26.7. The molecule has 0 radical (unpaired) electrons. The fourth-order valence-electron chi connectivity index (χ4n) is 2.93. The topological polar surface area (TPSA) is 75.4 Å². The summed E-state index contributed by atoms with van der Waals surface area (Å²) in [6.45, 7) is 2.94. The monoisotopic (exact) mass is 309 g/mol. The summed E-state index contributed by atoms with van der Waals surface area (Å²) in [5, 5.41) is 4.62. The maximum absolute atomic E-state index is 12.6. The van der Waals surface area contributed by atoms with Crippen molar-refractivity contribution in [3.8, 4) is 0 Å². The molecule has 1 aliphatic rings. The Labute approximate surface area is 129 Å². The molecule has 21 heavy (non-hydrogen) atoms. The number of amides is 3. The molecule has 5 nitrogen and oxygen atoms in total. The average molecular weight is 309 g/mol. The van der Waals surface area contributed by atoms with Crippen LogP contribution in [0.4, 0.5) is 4.79 Å². The quantitative estimate of drug-likeness (QED) is 0.877. The largest absolute Gasteiger partial charge is 0.352 e. The first kappa shape index (κ1) is 15.8. The number of hydrogen-bond donors (Lipinski definition) is 2. The van der Waals surface area contributed by atoms with Crippen LogP contribution in [0.1, 0.15) is 49.9 Å². The maximum atomic E-state index is 12.6. The van der Waals surface area contributed by atoms with E-state index in [1.165, 1.54) is 17.8 Å². The fraction of sp³-hybridized carbons (Fsp3) is 0.600. The van der Waals surface area contributed by atoms with Crippen molar-refractivity contribution in [3.63, 3.8) is 0 Å². The maximum Gasteiger partial charge on any atom is 0.312 e. The lowest BCUT2D eigenvalue weighted by molar-refractivity contribution is -0.135. The van der Waals surface area contributed by atoms with Gasteiger partial charge in [0.25, 0.3) is 0 Å². The molecule has 0 aromatic carbocycles. The zero-order valence-corrected chi connectivity index (χ0v) is 13.2. The van der Waals surface area contributed by atoms with E-state index in [0.29, 0.717) is 6.04 Å². The molecule has 0 saturated carbocycles. The van der Waals surface area contributed by atoms with Gasteiger partial charge in [0.2, 0.25) is 5.91 Å². The predicted octanol–water partition coefficient (Wildman–Crippen LogP) is 2.64. The number of urea groups is 1. The number of thiophene rings is 1. The SMILES string of the molecule is CCC1CCCCN1C(=O)CC(NC(N)=O)c1cccs1. The molecule has 6 heteroatoms. The van der Waals surface area contributed by atoms with Gasteiger partial charge in [-0.25, -0.2) is 4.79 Å². The van der Waals surface area contributed by atoms with Crippen LogP contribution in [0.25, 0.3) is 0 Å². The summed E-state index contributed by atoms with van der Waals surface area (Å²) < 4.78 is 0. The molecule has 2 rings (SSSR count). The molecule has 3 amide bonds. The Morgan fingerprint density at radius 2 is 2.33 bits per heavy atom. The molecule has 116 valence electrons. The Morgan fingerprint density at radius 3 is 2.95 bits per heavy atom. The smallest absolute Gasteiger partial charge is 0.312 e. The molecular weight excluding hydrogens is 286 g/mol. The van der Waals surface area contributed by atoms with Crippen LogP contribution in [0.2, 0.25) is 0 Å². The summed E-state index contributed by atoms with van der Waals surface area (Å²) in [5.41, 5.74) is 5.24. The Morgan fingerprint density at radius 1 is 1.52 bits per heavy atom. The van der Waals surface area contributed by atoms with E-state index in [-0.39, 0.29) is 18.4 Å². The van der Waals surface area contributed by atoms with Gasteiger partial charge in [-0.3, -0.25) is 4.79 Å². The molecule has 1 aromatic rings. The fourth-order valence-corrected chi connectivity index (χ4v) is 3.71. The van der Waals surface area contributed by atoms with Crippen molar-refractivity contribution in [1.82, 2.24) is 10.2 Å². The normalized spacial score (nSPS) is 20.0. The molecule has 2 heterocycles. The van der Waals surface area contributed by atoms with Crippen LogP contribution in [0.5, 0.6) is 0 Å². The van der Waals surface area contributed by atoms with Crippen molar-refractivity contribution in [2.45, 2.75) is 51.1 Å². The highest BCUT2D eigenvalue weighted by atomic mass is 32.1. The predicted molar refractivity (Wildman–Crippen MR) is 84.0 cm³/mol. The highest BCUT2D eigenvalue weighted by Crippen LogP contribution is 2.26. The van der Waals surface area contributed by atoms with Gasteiger partial charge in [0.05, 0.1) is 12.5 Å².